The molecule has 1 fully saturated rings. The first-order valence-corrected chi connectivity index (χ1v) is 6.65. The highest BCUT2D eigenvalue weighted by atomic mass is 16.5. The average Bonchev–Trinajstić information content (AvgIpc) is 2.66. The Kier molecular flexibility index (Phi) is 4.69. The van der Waals surface area contributed by atoms with Crippen LogP contribution in [0.3, 0.4) is 0 Å². The zero-order chi connectivity index (χ0) is 12.8. The van der Waals surface area contributed by atoms with Crippen molar-refractivity contribution in [2.45, 2.75) is 31.3 Å². The molecule has 4 nitrogen and oxygen atoms in total. The van der Waals surface area contributed by atoms with Crippen molar-refractivity contribution in [1.82, 2.24) is 9.88 Å². The van der Waals surface area contributed by atoms with Crippen molar-refractivity contribution in [3.8, 4) is 0 Å². The molecule has 0 aliphatic carbocycles. The molecule has 2 N–H and O–H groups in total. The van der Waals surface area contributed by atoms with E-state index in [1.54, 1.807) is 0 Å². The summed E-state index contributed by atoms with van der Waals surface area (Å²) in [6.45, 7) is 3.26. The van der Waals surface area contributed by atoms with Crippen molar-refractivity contribution in [1.29, 1.82) is 0 Å². The number of likely N-dealkylation sites (N-methyl/N-ethyl adjacent to an activating group) is 1. The minimum atomic E-state index is 0.0757. The SMILES string of the molecule is CN(Cc1cccnc1)C1(CN)CCCOCC1. The Labute approximate surface area is 109 Å². The molecular formula is C14H23N3O. The lowest BCUT2D eigenvalue weighted by atomic mass is 9.88. The molecule has 2 heterocycles. The summed E-state index contributed by atoms with van der Waals surface area (Å²) in [5.41, 5.74) is 7.36. The number of pyridine rings is 1. The maximum atomic E-state index is 6.05. The fourth-order valence-corrected chi connectivity index (χ4v) is 2.67. The molecule has 4 heteroatoms. The molecule has 0 radical (unpaired) electrons. The van der Waals surface area contributed by atoms with Crippen molar-refractivity contribution < 1.29 is 4.74 Å². The Morgan fingerprint density at radius 1 is 1.44 bits per heavy atom. The summed E-state index contributed by atoms with van der Waals surface area (Å²) in [6, 6.07) is 4.09. The van der Waals surface area contributed by atoms with Crippen LogP contribution < -0.4 is 5.73 Å². The van der Waals surface area contributed by atoms with E-state index < -0.39 is 0 Å². The predicted molar refractivity (Wildman–Crippen MR) is 72.2 cm³/mol. The second-order valence-corrected chi connectivity index (χ2v) is 5.11. The molecule has 100 valence electrons. The summed E-state index contributed by atoms with van der Waals surface area (Å²) in [6.07, 6.45) is 6.95. The summed E-state index contributed by atoms with van der Waals surface area (Å²) in [5, 5.41) is 0. The van der Waals surface area contributed by atoms with Gasteiger partial charge in [0.2, 0.25) is 0 Å². The van der Waals surface area contributed by atoms with Gasteiger partial charge in [-0.3, -0.25) is 9.88 Å². The Morgan fingerprint density at radius 3 is 3.06 bits per heavy atom. The summed E-state index contributed by atoms with van der Waals surface area (Å²) in [7, 11) is 2.16. The second-order valence-electron chi connectivity index (χ2n) is 5.11. The van der Waals surface area contributed by atoms with E-state index in [1.165, 1.54) is 5.56 Å². The fraction of sp³-hybridized carbons (Fsp3) is 0.643. The van der Waals surface area contributed by atoms with Crippen LogP contribution in [-0.4, -0.2) is 42.2 Å². The highest BCUT2D eigenvalue weighted by Gasteiger charge is 2.33. The van der Waals surface area contributed by atoms with E-state index in [0.717, 1.165) is 39.0 Å². The van der Waals surface area contributed by atoms with E-state index >= 15 is 0 Å². The lowest BCUT2D eigenvalue weighted by molar-refractivity contribution is 0.0834. The maximum absolute atomic E-state index is 6.05. The van der Waals surface area contributed by atoms with Crippen molar-refractivity contribution in [2.75, 3.05) is 26.8 Å². The van der Waals surface area contributed by atoms with Gasteiger partial charge in [-0.05, 0) is 37.9 Å². The third kappa shape index (κ3) is 3.07. The largest absolute Gasteiger partial charge is 0.381 e. The van der Waals surface area contributed by atoms with E-state index in [4.69, 9.17) is 10.5 Å². The van der Waals surface area contributed by atoms with E-state index in [-0.39, 0.29) is 5.54 Å². The molecule has 0 saturated carbocycles. The zero-order valence-corrected chi connectivity index (χ0v) is 11.1. The summed E-state index contributed by atoms with van der Waals surface area (Å²) >= 11 is 0. The molecule has 1 aliphatic heterocycles. The van der Waals surface area contributed by atoms with Crippen LogP contribution in [0, 0.1) is 0 Å². The van der Waals surface area contributed by atoms with Crippen LogP contribution in [0.25, 0.3) is 0 Å². The van der Waals surface area contributed by atoms with E-state index in [1.807, 2.05) is 18.5 Å². The van der Waals surface area contributed by atoms with Crippen molar-refractivity contribution in [3.05, 3.63) is 30.1 Å². The molecule has 1 aromatic rings. The monoisotopic (exact) mass is 249 g/mol. The quantitative estimate of drug-likeness (QED) is 0.876. The van der Waals surface area contributed by atoms with Crippen LogP contribution in [0.1, 0.15) is 24.8 Å². The summed E-state index contributed by atoms with van der Waals surface area (Å²) < 4.78 is 5.56. The number of ether oxygens (including phenoxy) is 1. The van der Waals surface area contributed by atoms with Gasteiger partial charge in [-0.1, -0.05) is 6.07 Å². The summed E-state index contributed by atoms with van der Waals surface area (Å²) in [5.74, 6) is 0. The number of rotatable bonds is 4. The van der Waals surface area contributed by atoms with Crippen LogP contribution in [0.2, 0.25) is 0 Å². The van der Waals surface area contributed by atoms with Gasteiger partial charge in [0.1, 0.15) is 0 Å². The smallest absolute Gasteiger partial charge is 0.0484 e. The predicted octanol–water partition coefficient (Wildman–Crippen LogP) is 1.41. The van der Waals surface area contributed by atoms with Gasteiger partial charge < -0.3 is 10.5 Å². The zero-order valence-electron chi connectivity index (χ0n) is 11.1. The van der Waals surface area contributed by atoms with Crippen LogP contribution in [0.5, 0.6) is 0 Å². The van der Waals surface area contributed by atoms with Gasteiger partial charge in [-0.2, -0.15) is 0 Å². The first-order chi connectivity index (χ1) is 8.77. The molecule has 0 aromatic carbocycles. The van der Waals surface area contributed by atoms with Gasteiger partial charge in [0.05, 0.1) is 0 Å². The van der Waals surface area contributed by atoms with Gasteiger partial charge in [-0.25, -0.2) is 0 Å². The van der Waals surface area contributed by atoms with Gasteiger partial charge in [-0.15, -0.1) is 0 Å². The number of aromatic nitrogens is 1. The van der Waals surface area contributed by atoms with Crippen molar-refractivity contribution in [2.24, 2.45) is 5.73 Å². The van der Waals surface area contributed by atoms with E-state index in [9.17, 15) is 0 Å². The number of hydrogen-bond donors (Lipinski definition) is 1. The lowest BCUT2D eigenvalue weighted by Crippen LogP contribution is -2.51. The first-order valence-electron chi connectivity index (χ1n) is 6.65. The molecule has 1 aliphatic rings. The van der Waals surface area contributed by atoms with E-state index in [2.05, 4.69) is 23.0 Å². The molecule has 1 unspecified atom stereocenters. The highest BCUT2D eigenvalue weighted by Crippen LogP contribution is 2.27. The van der Waals surface area contributed by atoms with Crippen LogP contribution in [-0.2, 0) is 11.3 Å². The summed E-state index contributed by atoms with van der Waals surface area (Å²) in [4.78, 5) is 6.54. The fourth-order valence-electron chi connectivity index (χ4n) is 2.67. The Morgan fingerprint density at radius 2 is 2.33 bits per heavy atom. The molecule has 1 atom stereocenters. The third-order valence-corrected chi connectivity index (χ3v) is 3.97. The van der Waals surface area contributed by atoms with Crippen molar-refractivity contribution >= 4 is 0 Å². The highest BCUT2D eigenvalue weighted by molar-refractivity contribution is 5.09. The number of nitrogens with zero attached hydrogens (tertiary/aromatic N) is 2. The topological polar surface area (TPSA) is 51.4 Å². The Bertz CT molecular complexity index is 347. The average molecular weight is 249 g/mol. The van der Waals surface area contributed by atoms with Gasteiger partial charge in [0.25, 0.3) is 0 Å². The standard InChI is InChI=1S/C14H23N3O/c1-17(11-13-4-2-7-16-10-13)14(12-15)5-3-8-18-9-6-14/h2,4,7,10H,3,5-6,8-9,11-12,15H2,1H3. The van der Waals surface area contributed by atoms with Gasteiger partial charge in [0.15, 0.2) is 0 Å². The number of nitrogens with two attached hydrogens (primary N) is 1. The third-order valence-electron chi connectivity index (χ3n) is 3.97. The molecule has 1 saturated heterocycles. The van der Waals surface area contributed by atoms with E-state index in [0.29, 0.717) is 6.54 Å². The molecular weight excluding hydrogens is 226 g/mol. The lowest BCUT2D eigenvalue weighted by Gasteiger charge is -2.40. The van der Waals surface area contributed by atoms with Gasteiger partial charge in [0, 0.05) is 44.2 Å². The Balaban J connectivity index is 2.06. The maximum Gasteiger partial charge on any atom is 0.0484 e. The minimum Gasteiger partial charge on any atom is -0.381 e. The molecule has 0 spiro atoms. The number of hydrogen-bond acceptors (Lipinski definition) is 4. The molecule has 18 heavy (non-hydrogen) atoms. The van der Waals surface area contributed by atoms with Crippen LogP contribution in [0.4, 0.5) is 0 Å². The minimum absolute atomic E-state index is 0.0757. The molecule has 1 aromatic heterocycles. The Hall–Kier alpha value is -0.970. The van der Waals surface area contributed by atoms with Crippen LogP contribution >= 0.6 is 0 Å². The van der Waals surface area contributed by atoms with Gasteiger partial charge >= 0.3 is 0 Å². The normalized spacial score (nSPS) is 25.1. The van der Waals surface area contributed by atoms with Crippen LogP contribution in [0.15, 0.2) is 24.5 Å². The molecule has 0 amide bonds. The second kappa shape index (κ2) is 6.27. The van der Waals surface area contributed by atoms with Crippen molar-refractivity contribution in [3.63, 3.8) is 0 Å². The first kappa shape index (κ1) is 13.5. The molecule has 2 rings (SSSR count). The molecule has 0 bridgehead atoms.